The standard InChI is InChI=1S/C15H26N6O8/c1-6(22)12(18)14(27)21-8(4-10(17)24)13(26)19-5-11(25)20-7(15(28)29)2-3-9(16)23/h6-8,12,22H,2-5,18H2,1H3,(H2,16,23)(H2,17,24)(H,19,26)(H,20,25)(H,21,27)(H,28,29). The van der Waals surface area contributed by atoms with Gasteiger partial charge in [-0.1, -0.05) is 0 Å². The van der Waals surface area contributed by atoms with Gasteiger partial charge in [0.1, 0.15) is 18.1 Å². The van der Waals surface area contributed by atoms with Crippen molar-refractivity contribution in [3.63, 3.8) is 0 Å². The number of aliphatic carboxylic acids is 1. The van der Waals surface area contributed by atoms with Crippen molar-refractivity contribution in [1.29, 1.82) is 0 Å². The number of primary amides is 2. The molecule has 0 heterocycles. The number of hydrogen-bond donors (Lipinski definition) is 8. The second-order valence-electron chi connectivity index (χ2n) is 6.18. The Kier molecular flexibility index (Phi) is 10.9. The highest BCUT2D eigenvalue weighted by Crippen LogP contribution is 1.98. The van der Waals surface area contributed by atoms with Gasteiger partial charge in [-0.25, -0.2) is 4.79 Å². The van der Waals surface area contributed by atoms with Gasteiger partial charge in [-0.15, -0.1) is 0 Å². The third-order valence-corrected chi connectivity index (χ3v) is 3.60. The van der Waals surface area contributed by atoms with Crippen LogP contribution in [-0.2, 0) is 28.8 Å². The fraction of sp³-hybridized carbons (Fsp3) is 0.600. The van der Waals surface area contributed by atoms with Crippen LogP contribution in [-0.4, -0.2) is 76.5 Å². The summed E-state index contributed by atoms with van der Waals surface area (Å²) in [5.41, 5.74) is 15.4. The van der Waals surface area contributed by atoms with E-state index < -0.39 is 72.7 Å². The lowest BCUT2D eigenvalue weighted by Gasteiger charge is -2.21. The van der Waals surface area contributed by atoms with Crippen molar-refractivity contribution in [1.82, 2.24) is 16.0 Å². The van der Waals surface area contributed by atoms with Crippen LogP contribution in [0.15, 0.2) is 0 Å². The summed E-state index contributed by atoms with van der Waals surface area (Å²) in [5.74, 6) is -5.88. The number of aliphatic hydroxyl groups excluding tert-OH is 1. The third kappa shape index (κ3) is 10.6. The Balaban J connectivity index is 4.85. The Morgan fingerprint density at radius 3 is 1.97 bits per heavy atom. The minimum Gasteiger partial charge on any atom is -0.480 e. The average molecular weight is 418 g/mol. The Labute approximate surface area is 165 Å². The molecule has 4 unspecified atom stereocenters. The van der Waals surface area contributed by atoms with E-state index in [0.29, 0.717) is 0 Å². The smallest absolute Gasteiger partial charge is 0.326 e. The second-order valence-corrected chi connectivity index (χ2v) is 6.18. The van der Waals surface area contributed by atoms with Gasteiger partial charge >= 0.3 is 5.97 Å². The Hall–Kier alpha value is -3.26. The number of carbonyl (C=O) groups excluding carboxylic acids is 5. The summed E-state index contributed by atoms with van der Waals surface area (Å²) in [4.78, 5) is 68.8. The molecule has 0 fully saturated rings. The van der Waals surface area contributed by atoms with Crippen LogP contribution in [0.3, 0.4) is 0 Å². The second kappa shape index (κ2) is 12.2. The first-order valence-corrected chi connectivity index (χ1v) is 8.45. The molecule has 0 aromatic rings. The van der Waals surface area contributed by atoms with E-state index in [9.17, 15) is 33.9 Å². The number of nitrogens with one attached hydrogen (secondary N) is 3. The predicted molar refractivity (Wildman–Crippen MR) is 96.4 cm³/mol. The first kappa shape index (κ1) is 25.7. The molecule has 4 atom stereocenters. The molecule has 0 saturated heterocycles. The Morgan fingerprint density at radius 1 is 0.931 bits per heavy atom. The van der Waals surface area contributed by atoms with E-state index in [1.807, 2.05) is 0 Å². The minimum absolute atomic E-state index is 0.248. The van der Waals surface area contributed by atoms with Crippen LogP contribution in [0.25, 0.3) is 0 Å². The van der Waals surface area contributed by atoms with Crippen molar-refractivity contribution >= 4 is 35.5 Å². The molecule has 0 radical (unpaired) electrons. The number of carbonyl (C=O) groups is 6. The van der Waals surface area contributed by atoms with Gasteiger partial charge in [0.25, 0.3) is 0 Å². The van der Waals surface area contributed by atoms with Gasteiger partial charge in [-0.2, -0.15) is 0 Å². The maximum atomic E-state index is 12.2. The molecule has 164 valence electrons. The van der Waals surface area contributed by atoms with Gasteiger partial charge in [0.15, 0.2) is 0 Å². The molecule has 0 saturated carbocycles. The van der Waals surface area contributed by atoms with Gasteiger partial charge < -0.3 is 43.4 Å². The van der Waals surface area contributed by atoms with Crippen LogP contribution < -0.4 is 33.2 Å². The van der Waals surface area contributed by atoms with E-state index in [1.54, 1.807) is 0 Å². The number of aliphatic hydroxyl groups is 1. The van der Waals surface area contributed by atoms with Gasteiger partial charge in [0.2, 0.25) is 29.5 Å². The number of hydrogen-bond acceptors (Lipinski definition) is 8. The van der Waals surface area contributed by atoms with E-state index in [4.69, 9.17) is 22.3 Å². The molecule has 5 amide bonds. The first-order valence-electron chi connectivity index (χ1n) is 8.45. The lowest BCUT2D eigenvalue weighted by Crippen LogP contribution is -2.56. The lowest BCUT2D eigenvalue weighted by molar-refractivity contribution is -0.142. The van der Waals surface area contributed by atoms with Crippen molar-refractivity contribution in [2.45, 2.75) is 50.4 Å². The summed E-state index contributed by atoms with van der Waals surface area (Å²) >= 11 is 0. The average Bonchev–Trinajstić information content (AvgIpc) is 2.60. The van der Waals surface area contributed by atoms with Crippen molar-refractivity contribution in [2.75, 3.05) is 6.54 Å². The molecule has 0 aliphatic carbocycles. The predicted octanol–water partition coefficient (Wildman–Crippen LogP) is -4.99. The number of amides is 5. The van der Waals surface area contributed by atoms with E-state index in [0.717, 1.165) is 0 Å². The summed E-state index contributed by atoms with van der Waals surface area (Å²) in [7, 11) is 0. The van der Waals surface area contributed by atoms with Crippen LogP contribution in [0.2, 0.25) is 0 Å². The largest absolute Gasteiger partial charge is 0.480 e. The molecule has 0 rings (SSSR count). The van der Waals surface area contributed by atoms with Crippen molar-refractivity contribution in [3.05, 3.63) is 0 Å². The van der Waals surface area contributed by atoms with Crippen LogP contribution in [0.5, 0.6) is 0 Å². The molecular formula is C15H26N6O8. The number of rotatable bonds is 13. The zero-order chi connectivity index (χ0) is 22.7. The maximum absolute atomic E-state index is 12.2. The molecule has 14 heteroatoms. The SMILES string of the molecule is CC(O)C(N)C(=O)NC(CC(N)=O)C(=O)NCC(=O)NC(CCC(N)=O)C(=O)O. The van der Waals surface area contributed by atoms with Gasteiger partial charge in [-0.05, 0) is 13.3 Å². The molecule has 0 aromatic heterocycles. The quantitative estimate of drug-likeness (QED) is 0.142. The van der Waals surface area contributed by atoms with Gasteiger partial charge in [0, 0.05) is 6.42 Å². The van der Waals surface area contributed by atoms with Crippen molar-refractivity contribution in [3.8, 4) is 0 Å². The Bertz CT molecular complexity index is 653. The lowest BCUT2D eigenvalue weighted by atomic mass is 10.1. The van der Waals surface area contributed by atoms with E-state index in [1.165, 1.54) is 6.92 Å². The summed E-state index contributed by atoms with van der Waals surface area (Å²) in [6.45, 7) is 0.557. The first-order chi connectivity index (χ1) is 13.3. The highest BCUT2D eigenvalue weighted by molar-refractivity contribution is 5.95. The summed E-state index contributed by atoms with van der Waals surface area (Å²) < 4.78 is 0. The van der Waals surface area contributed by atoms with Crippen LogP contribution >= 0.6 is 0 Å². The minimum atomic E-state index is -1.47. The molecule has 0 aromatic carbocycles. The molecular weight excluding hydrogens is 392 g/mol. The maximum Gasteiger partial charge on any atom is 0.326 e. The monoisotopic (exact) mass is 418 g/mol. The molecule has 14 nitrogen and oxygen atoms in total. The zero-order valence-electron chi connectivity index (χ0n) is 15.7. The van der Waals surface area contributed by atoms with Crippen molar-refractivity contribution in [2.24, 2.45) is 17.2 Å². The summed E-state index contributed by atoms with van der Waals surface area (Å²) in [6.07, 6.45) is -2.37. The van der Waals surface area contributed by atoms with E-state index in [-0.39, 0.29) is 12.8 Å². The highest BCUT2D eigenvalue weighted by atomic mass is 16.4. The molecule has 0 spiro atoms. The molecule has 0 bridgehead atoms. The summed E-state index contributed by atoms with van der Waals surface area (Å²) in [5, 5.41) is 24.6. The Morgan fingerprint density at radius 2 is 1.52 bits per heavy atom. The zero-order valence-corrected chi connectivity index (χ0v) is 15.7. The topological polar surface area (TPSA) is 257 Å². The van der Waals surface area contributed by atoms with Crippen LogP contribution in [0.4, 0.5) is 0 Å². The third-order valence-electron chi connectivity index (χ3n) is 3.60. The van der Waals surface area contributed by atoms with E-state index >= 15 is 0 Å². The number of carboxylic acids is 1. The molecule has 0 aliphatic rings. The summed E-state index contributed by atoms with van der Waals surface area (Å²) in [6, 6.07) is -4.25. The van der Waals surface area contributed by atoms with Crippen molar-refractivity contribution < 1.29 is 39.0 Å². The van der Waals surface area contributed by atoms with Gasteiger partial charge in [-0.3, -0.25) is 24.0 Å². The normalized spacial score (nSPS) is 14.6. The fourth-order valence-corrected chi connectivity index (χ4v) is 1.98. The van der Waals surface area contributed by atoms with Crippen LogP contribution in [0.1, 0.15) is 26.2 Å². The van der Waals surface area contributed by atoms with Gasteiger partial charge in [0.05, 0.1) is 19.1 Å². The molecule has 29 heavy (non-hydrogen) atoms. The van der Waals surface area contributed by atoms with Crippen LogP contribution in [0, 0.1) is 0 Å². The number of nitrogens with two attached hydrogens (primary N) is 3. The molecule has 11 N–H and O–H groups in total. The number of carboxylic acid groups (broad SMARTS) is 1. The van der Waals surface area contributed by atoms with E-state index in [2.05, 4.69) is 16.0 Å². The highest BCUT2D eigenvalue weighted by Gasteiger charge is 2.28. The molecule has 0 aliphatic heterocycles. The fourth-order valence-electron chi connectivity index (χ4n) is 1.98.